The van der Waals surface area contributed by atoms with Gasteiger partial charge in [0.1, 0.15) is 5.82 Å². The number of rotatable bonds is 6. The molecule has 2 rings (SSSR count). The molecule has 0 bridgehead atoms. The normalized spacial score (nSPS) is 16.0. The fraction of sp³-hybridized carbons (Fsp3) is 0.571. The second-order valence-electron chi connectivity index (χ2n) is 4.91. The maximum atomic E-state index is 13.3. The largest absolute Gasteiger partial charge is 0.396 e. The lowest BCUT2D eigenvalue weighted by atomic mass is 9.91. The van der Waals surface area contributed by atoms with Crippen molar-refractivity contribution in [2.45, 2.75) is 38.3 Å². The van der Waals surface area contributed by atoms with Gasteiger partial charge in [-0.1, -0.05) is 22.4 Å². The van der Waals surface area contributed by atoms with Gasteiger partial charge in [0.25, 0.3) is 0 Å². The van der Waals surface area contributed by atoms with Gasteiger partial charge in [-0.3, -0.25) is 4.90 Å². The Kier molecular flexibility index (Phi) is 5.15. The molecule has 1 aliphatic carbocycles. The maximum Gasteiger partial charge on any atom is 0.124 e. The molecule has 0 aliphatic heterocycles. The highest BCUT2D eigenvalue weighted by molar-refractivity contribution is 9.10. The topological polar surface area (TPSA) is 23.5 Å². The van der Waals surface area contributed by atoms with Gasteiger partial charge in [-0.15, -0.1) is 0 Å². The molecule has 0 heterocycles. The van der Waals surface area contributed by atoms with Crippen molar-refractivity contribution in [2.24, 2.45) is 0 Å². The maximum absolute atomic E-state index is 13.3. The Balaban J connectivity index is 2.02. The van der Waals surface area contributed by atoms with Crippen LogP contribution in [0, 0.1) is 5.82 Å². The third-order valence-electron chi connectivity index (χ3n) is 3.50. The summed E-state index contributed by atoms with van der Waals surface area (Å²) in [5, 5.41) is 8.95. The lowest BCUT2D eigenvalue weighted by molar-refractivity contribution is 0.109. The van der Waals surface area contributed by atoms with Crippen LogP contribution < -0.4 is 0 Å². The van der Waals surface area contributed by atoms with Crippen molar-refractivity contribution < 1.29 is 9.50 Å². The van der Waals surface area contributed by atoms with Crippen molar-refractivity contribution in [2.75, 3.05) is 13.2 Å². The summed E-state index contributed by atoms with van der Waals surface area (Å²) in [4.78, 5) is 2.36. The number of aliphatic hydroxyl groups is 1. The molecule has 0 amide bonds. The molecule has 1 aromatic rings. The third kappa shape index (κ3) is 3.77. The van der Waals surface area contributed by atoms with Gasteiger partial charge in [0, 0.05) is 30.2 Å². The first-order chi connectivity index (χ1) is 8.69. The zero-order valence-electron chi connectivity index (χ0n) is 10.4. The van der Waals surface area contributed by atoms with Crippen LogP contribution in [0.25, 0.3) is 0 Å². The standard InChI is InChI=1S/C14H19BrFNO/c15-12-7-11(8-13(16)9-12)10-17(5-2-6-18)14-3-1-4-14/h7-9,14,18H,1-6,10H2. The van der Waals surface area contributed by atoms with Gasteiger partial charge in [0.15, 0.2) is 0 Å². The van der Waals surface area contributed by atoms with Crippen LogP contribution in [-0.4, -0.2) is 29.2 Å². The molecule has 0 unspecified atom stereocenters. The second kappa shape index (κ2) is 6.64. The highest BCUT2D eigenvalue weighted by Gasteiger charge is 2.24. The van der Waals surface area contributed by atoms with E-state index in [-0.39, 0.29) is 12.4 Å². The molecular formula is C14H19BrFNO. The number of hydrogen-bond donors (Lipinski definition) is 1. The summed E-state index contributed by atoms with van der Waals surface area (Å²) in [6.07, 6.45) is 4.52. The minimum atomic E-state index is -0.199. The molecule has 0 radical (unpaired) electrons. The minimum absolute atomic E-state index is 0.199. The van der Waals surface area contributed by atoms with Gasteiger partial charge in [-0.25, -0.2) is 4.39 Å². The van der Waals surface area contributed by atoms with E-state index in [1.165, 1.54) is 25.3 Å². The molecule has 1 fully saturated rings. The molecular weight excluding hydrogens is 297 g/mol. The summed E-state index contributed by atoms with van der Waals surface area (Å²) in [6.45, 7) is 1.87. The van der Waals surface area contributed by atoms with Crippen LogP contribution in [0.4, 0.5) is 4.39 Å². The average molecular weight is 316 g/mol. The second-order valence-corrected chi connectivity index (χ2v) is 5.83. The van der Waals surface area contributed by atoms with E-state index < -0.39 is 0 Å². The van der Waals surface area contributed by atoms with Crippen LogP contribution in [0.3, 0.4) is 0 Å². The van der Waals surface area contributed by atoms with Crippen molar-refractivity contribution in [3.63, 3.8) is 0 Å². The van der Waals surface area contributed by atoms with Crippen molar-refractivity contribution in [1.29, 1.82) is 0 Å². The average Bonchev–Trinajstić information content (AvgIpc) is 2.21. The Hall–Kier alpha value is -0.450. The van der Waals surface area contributed by atoms with Gasteiger partial charge < -0.3 is 5.11 Å². The molecule has 18 heavy (non-hydrogen) atoms. The van der Waals surface area contributed by atoms with Crippen LogP contribution in [0.1, 0.15) is 31.2 Å². The number of hydrogen-bond acceptors (Lipinski definition) is 2. The highest BCUT2D eigenvalue weighted by atomic mass is 79.9. The van der Waals surface area contributed by atoms with Gasteiger partial charge in [-0.05, 0) is 43.0 Å². The molecule has 0 spiro atoms. The molecule has 100 valence electrons. The van der Waals surface area contributed by atoms with Gasteiger partial charge in [0.05, 0.1) is 0 Å². The van der Waals surface area contributed by atoms with Crippen LogP contribution in [0.2, 0.25) is 0 Å². The van der Waals surface area contributed by atoms with Crippen molar-refractivity contribution >= 4 is 15.9 Å². The minimum Gasteiger partial charge on any atom is -0.396 e. The SMILES string of the molecule is OCCCN(Cc1cc(F)cc(Br)c1)C1CCC1. The molecule has 1 N–H and O–H groups in total. The van der Waals surface area contributed by atoms with E-state index in [1.54, 1.807) is 6.07 Å². The van der Waals surface area contributed by atoms with Crippen LogP contribution in [0.15, 0.2) is 22.7 Å². The van der Waals surface area contributed by atoms with Crippen molar-refractivity contribution in [3.8, 4) is 0 Å². The molecule has 1 aromatic carbocycles. The lowest BCUT2D eigenvalue weighted by Gasteiger charge is -2.37. The molecule has 2 nitrogen and oxygen atoms in total. The summed E-state index contributed by atoms with van der Waals surface area (Å²) < 4.78 is 14.1. The predicted molar refractivity (Wildman–Crippen MR) is 73.9 cm³/mol. The van der Waals surface area contributed by atoms with Crippen molar-refractivity contribution in [3.05, 3.63) is 34.1 Å². The number of benzene rings is 1. The van der Waals surface area contributed by atoms with E-state index in [1.807, 2.05) is 6.07 Å². The quantitative estimate of drug-likeness (QED) is 0.870. The summed E-state index contributed by atoms with van der Waals surface area (Å²) in [5.41, 5.74) is 0.992. The monoisotopic (exact) mass is 315 g/mol. The molecule has 1 aliphatic rings. The number of nitrogens with zero attached hydrogens (tertiary/aromatic N) is 1. The van der Waals surface area contributed by atoms with Crippen LogP contribution in [0.5, 0.6) is 0 Å². The molecule has 1 saturated carbocycles. The van der Waals surface area contributed by atoms with E-state index in [9.17, 15) is 4.39 Å². The summed E-state index contributed by atoms with van der Waals surface area (Å²) in [5.74, 6) is -0.199. The Bertz CT molecular complexity index is 375. The Morgan fingerprint density at radius 1 is 1.33 bits per heavy atom. The summed E-state index contributed by atoms with van der Waals surface area (Å²) in [6, 6.07) is 5.65. The van der Waals surface area contributed by atoms with Crippen LogP contribution in [-0.2, 0) is 6.54 Å². The first kappa shape index (κ1) is 14.0. The predicted octanol–water partition coefficient (Wildman–Crippen LogP) is 3.33. The number of halogens is 2. The zero-order chi connectivity index (χ0) is 13.0. The highest BCUT2D eigenvalue weighted by Crippen LogP contribution is 2.27. The third-order valence-corrected chi connectivity index (χ3v) is 3.96. The van der Waals surface area contributed by atoms with Crippen molar-refractivity contribution in [1.82, 2.24) is 4.90 Å². The summed E-state index contributed by atoms with van der Waals surface area (Å²) >= 11 is 3.33. The van der Waals surface area contributed by atoms with Gasteiger partial charge in [-0.2, -0.15) is 0 Å². The summed E-state index contributed by atoms with van der Waals surface area (Å²) in [7, 11) is 0. The molecule has 4 heteroatoms. The van der Waals surface area contributed by atoms with E-state index in [4.69, 9.17) is 5.11 Å². The fourth-order valence-electron chi connectivity index (χ4n) is 2.35. The first-order valence-corrected chi connectivity index (χ1v) is 7.28. The van der Waals surface area contributed by atoms with E-state index in [0.29, 0.717) is 6.04 Å². The van der Waals surface area contributed by atoms with Gasteiger partial charge >= 0.3 is 0 Å². The fourth-order valence-corrected chi connectivity index (χ4v) is 2.87. The Morgan fingerprint density at radius 2 is 2.11 bits per heavy atom. The molecule has 0 saturated heterocycles. The van der Waals surface area contributed by atoms with E-state index >= 15 is 0 Å². The zero-order valence-corrected chi connectivity index (χ0v) is 12.0. The lowest BCUT2D eigenvalue weighted by Crippen LogP contribution is -2.40. The Labute approximate surface area is 116 Å². The van der Waals surface area contributed by atoms with Gasteiger partial charge in [0.2, 0.25) is 0 Å². The number of aliphatic hydroxyl groups excluding tert-OH is 1. The van der Waals surface area contributed by atoms with E-state index in [2.05, 4.69) is 20.8 Å². The van der Waals surface area contributed by atoms with Crippen LogP contribution >= 0.6 is 15.9 Å². The Morgan fingerprint density at radius 3 is 2.67 bits per heavy atom. The van der Waals surface area contributed by atoms with E-state index in [0.717, 1.165) is 29.5 Å². The smallest absolute Gasteiger partial charge is 0.124 e. The first-order valence-electron chi connectivity index (χ1n) is 6.49. The molecule has 0 aromatic heterocycles. The molecule has 0 atom stereocenters.